The second-order valence-electron chi connectivity index (χ2n) is 3.82. The van der Waals surface area contributed by atoms with Crippen LogP contribution in [0.4, 0.5) is 0 Å². The maximum absolute atomic E-state index is 11.0. The second kappa shape index (κ2) is 5.90. The largest absolute Gasteiger partial charge is 0.310 e. The molecule has 0 fully saturated rings. The zero-order valence-corrected chi connectivity index (χ0v) is 10.5. The number of nitrogens with one attached hydrogen (secondary N) is 1. The molecule has 94 valence electrons. The summed E-state index contributed by atoms with van der Waals surface area (Å²) in [6.45, 7) is 2.55. The number of carbonyl (C=O) groups excluding carboxylic acids is 1. The summed E-state index contributed by atoms with van der Waals surface area (Å²) >= 11 is 0. The van der Waals surface area contributed by atoms with E-state index < -0.39 is 10.0 Å². The Labute approximate surface area is 101 Å². The van der Waals surface area contributed by atoms with E-state index in [0.717, 1.165) is 12.0 Å². The van der Waals surface area contributed by atoms with E-state index in [9.17, 15) is 13.2 Å². The zero-order valence-electron chi connectivity index (χ0n) is 9.64. The van der Waals surface area contributed by atoms with Gasteiger partial charge in [-0.2, -0.15) is 0 Å². The molecule has 1 aromatic carbocycles. The topological polar surface area (TPSA) is 89.3 Å². The first kappa shape index (κ1) is 13.8. The van der Waals surface area contributed by atoms with Gasteiger partial charge in [0.2, 0.25) is 10.0 Å². The molecule has 17 heavy (non-hydrogen) atoms. The molecule has 6 heteroatoms. The van der Waals surface area contributed by atoms with Gasteiger partial charge < -0.3 is 5.32 Å². The van der Waals surface area contributed by atoms with Crippen LogP contribution in [0.15, 0.2) is 29.2 Å². The fraction of sp³-hybridized carbons (Fsp3) is 0.364. The van der Waals surface area contributed by atoms with Gasteiger partial charge in [0.15, 0.2) is 0 Å². The molecule has 0 aliphatic carbocycles. The van der Waals surface area contributed by atoms with Crippen LogP contribution in [0.1, 0.15) is 12.5 Å². The Morgan fingerprint density at radius 1 is 1.29 bits per heavy atom. The molecule has 0 spiro atoms. The summed E-state index contributed by atoms with van der Waals surface area (Å²) < 4.78 is 22.0. The van der Waals surface area contributed by atoms with Gasteiger partial charge >= 0.3 is 0 Å². The highest BCUT2D eigenvalue weighted by molar-refractivity contribution is 7.89. The van der Waals surface area contributed by atoms with Gasteiger partial charge in [-0.25, -0.2) is 13.6 Å². The van der Waals surface area contributed by atoms with E-state index in [4.69, 9.17) is 5.14 Å². The summed E-state index contributed by atoms with van der Waals surface area (Å²) in [5.74, 6) is 0.0922. The van der Waals surface area contributed by atoms with Crippen molar-refractivity contribution in [3.63, 3.8) is 0 Å². The van der Waals surface area contributed by atoms with E-state index in [1.54, 1.807) is 12.1 Å². The lowest BCUT2D eigenvalue weighted by Crippen LogP contribution is -2.23. The molecule has 0 bridgehead atoms. The Bertz CT molecular complexity index is 480. The van der Waals surface area contributed by atoms with Crippen molar-refractivity contribution in [3.05, 3.63) is 29.8 Å². The Balaban J connectivity index is 2.49. The highest BCUT2D eigenvalue weighted by Gasteiger charge is 2.06. The zero-order chi connectivity index (χ0) is 12.9. The van der Waals surface area contributed by atoms with Crippen LogP contribution >= 0.6 is 0 Å². The van der Waals surface area contributed by atoms with Crippen molar-refractivity contribution >= 4 is 15.8 Å². The molecule has 0 saturated carbocycles. The molecule has 0 unspecified atom stereocenters. The SMILES string of the molecule is CC(=O)CNCCc1ccc(S(N)(=O)=O)cc1. The molecule has 0 heterocycles. The predicted octanol–water partition coefficient (Wildman–Crippen LogP) is 0.0551. The first-order valence-electron chi connectivity index (χ1n) is 5.21. The van der Waals surface area contributed by atoms with Gasteiger partial charge in [0, 0.05) is 0 Å². The minimum absolute atomic E-state index is 0.0922. The van der Waals surface area contributed by atoms with Crippen molar-refractivity contribution in [3.8, 4) is 0 Å². The first-order valence-corrected chi connectivity index (χ1v) is 6.76. The quantitative estimate of drug-likeness (QED) is 0.704. The predicted molar refractivity (Wildman–Crippen MR) is 65.1 cm³/mol. The summed E-state index contributed by atoms with van der Waals surface area (Å²) in [4.78, 5) is 10.8. The van der Waals surface area contributed by atoms with Crippen LogP contribution < -0.4 is 10.5 Å². The molecule has 0 aliphatic heterocycles. The maximum Gasteiger partial charge on any atom is 0.238 e. The number of sulfonamides is 1. The van der Waals surface area contributed by atoms with E-state index in [-0.39, 0.29) is 10.7 Å². The highest BCUT2D eigenvalue weighted by Crippen LogP contribution is 2.08. The molecule has 5 nitrogen and oxygen atoms in total. The number of rotatable bonds is 6. The van der Waals surface area contributed by atoms with Crippen LogP contribution in [0.5, 0.6) is 0 Å². The summed E-state index contributed by atoms with van der Waals surface area (Å²) in [5.41, 5.74) is 0.994. The molecule has 0 radical (unpaired) electrons. The van der Waals surface area contributed by atoms with Gasteiger partial charge in [0.05, 0.1) is 11.4 Å². The smallest absolute Gasteiger partial charge is 0.238 e. The summed E-state index contributed by atoms with van der Waals surface area (Å²) in [7, 11) is -3.62. The normalized spacial score (nSPS) is 11.4. The van der Waals surface area contributed by atoms with Crippen molar-refractivity contribution in [2.75, 3.05) is 13.1 Å². The number of nitrogens with two attached hydrogens (primary N) is 1. The molecule has 3 N–H and O–H groups in total. The van der Waals surface area contributed by atoms with Gasteiger partial charge in [0.25, 0.3) is 0 Å². The van der Waals surface area contributed by atoms with Crippen molar-refractivity contribution in [2.45, 2.75) is 18.2 Å². The maximum atomic E-state index is 11.0. The molecule has 0 aliphatic rings. The van der Waals surface area contributed by atoms with E-state index in [2.05, 4.69) is 5.32 Å². The number of carbonyl (C=O) groups is 1. The number of Topliss-reactive ketones (excluding diaryl/α,β-unsaturated/α-hetero) is 1. The highest BCUT2D eigenvalue weighted by atomic mass is 32.2. The lowest BCUT2D eigenvalue weighted by molar-refractivity contribution is -0.116. The van der Waals surface area contributed by atoms with Gasteiger partial charge in [-0.3, -0.25) is 4.79 Å². The minimum Gasteiger partial charge on any atom is -0.310 e. The van der Waals surface area contributed by atoms with Gasteiger partial charge in [-0.1, -0.05) is 12.1 Å². The third-order valence-corrected chi connectivity index (χ3v) is 3.15. The van der Waals surface area contributed by atoms with Crippen molar-refractivity contribution in [1.29, 1.82) is 0 Å². The van der Waals surface area contributed by atoms with Crippen LogP contribution in [0.2, 0.25) is 0 Å². The molecule has 0 atom stereocenters. The van der Waals surface area contributed by atoms with E-state index >= 15 is 0 Å². The second-order valence-corrected chi connectivity index (χ2v) is 5.38. The van der Waals surface area contributed by atoms with E-state index in [1.807, 2.05) is 0 Å². The van der Waals surface area contributed by atoms with Crippen LogP contribution in [-0.2, 0) is 21.2 Å². The summed E-state index contributed by atoms with van der Waals surface area (Å²) in [5, 5.41) is 7.97. The monoisotopic (exact) mass is 256 g/mol. The number of ketones is 1. The Kier molecular flexibility index (Phi) is 4.80. The molecule has 0 aromatic heterocycles. The third-order valence-electron chi connectivity index (χ3n) is 2.22. The third kappa shape index (κ3) is 5.08. The van der Waals surface area contributed by atoms with E-state index in [1.165, 1.54) is 19.1 Å². The average molecular weight is 256 g/mol. The van der Waals surface area contributed by atoms with Crippen LogP contribution in [0.3, 0.4) is 0 Å². The average Bonchev–Trinajstić information content (AvgIpc) is 2.23. The number of primary sulfonamides is 1. The van der Waals surface area contributed by atoms with Crippen LogP contribution in [0.25, 0.3) is 0 Å². The molecule has 0 saturated heterocycles. The van der Waals surface area contributed by atoms with E-state index in [0.29, 0.717) is 13.1 Å². The van der Waals surface area contributed by atoms with Crippen LogP contribution in [-0.4, -0.2) is 27.3 Å². The van der Waals surface area contributed by atoms with Crippen molar-refractivity contribution < 1.29 is 13.2 Å². The molecule has 0 amide bonds. The van der Waals surface area contributed by atoms with Crippen LogP contribution in [0, 0.1) is 0 Å². The Morgan fingerprint density at radius 3 is 2.35 bits per heavy atom. The fourth-order valence-electron chi connectivity index (χ4n) is 1.34. The molecule has 1 aromatic rings. The molecule has 1 rings (SSSR count). The van der Waals surface area contributed by atoms with Gasteiger partial charge in [-0.15, -0.1) is 0 Å². The molecular weight excluding hydrogens is 240 g/mol. The standard InChI is InChI=1S/C11H16N2O3S/c1-9(14)8-13-7-6-10-2-4-11(5-3-10)17(12,15)16/h2-5,13H,6-8H2,1H3,(H2,12,15,16). The Hall–Kier alpha value is -1.24. The number of hydrogen-bond acceptors (Lipinski definition) is 4. The first-order chi connectivity index (χ1) is 7.89. The summed E-state index contributed by atoms with van der Waals surface area (Å²) in [6, 6.07) is 6.40. The van der Waals surface area contributed by atoms with Gasteiger partial charge in [-0.05, 0) is 37.6 Å². The summed E-state index contributed by atoms with van der Waals surface area (Å²) in [6.07, 6.45) is 0.734. The lowest BCUT2D eigenvalue weighted by Gasteiger charge is -2.04. The fourth-order valence-corrected chi connectivity index (χ4v) is 1.86. The number of benzene rings is 1. The van der Waals surface area contributed by atoms with Gasteiger partial charge in [0.1, 0.15) is 5.78 Å². The lowest BCUT2D eigenvalue weighted by atomic mass is 10.1. The molecular formula is C11H16N2O3S. The van der Waals surface area contributed by atoms with Crippen molar-refractivity contribution in [2.24, 2.45) is 5.14 Å². The number of hydrogen-bond donors (Lipinski definition) is 2. The minimum atomic E-state index is -3.62. The Morgan fingerprint density at radius 2 is 1.88 bits per heavy atom. The van der Waals surface area contributed by atoms with Crippen molar-refractivity contribution in [1.82, 2.24) is 5.32 Å².